The Morgan fingerprint density at radius 3 is 2.52 bits per heavy atom. The lowest BCUT2D eigenvalue weighted by atomic mass is 10.2. The van der Waals surface area contributed by atoms with Gasteiger partial charge in [0.25, 0.3) is 0 Å². The number of anilines is 1. The molecule has 0 aliphatic rings. The first kappa shape index (κ1) is 20.7. The van der Waals surface area contributed by atoms with E-state index >= 15 is 0 Å². The normalized spacial score (nSPS) is 12.3. The molecule has 10 nitrogen and oxygen atoms in total. The Balaban J connectivity index is 2.31. The standard InChI is InChI=1S/C14H22N4O6S/c1-8-17-18-12(23-8)16-10(19)7-25-6-5-9(11(20)21)15-13(22)24-14(2,3)4/h9H,5-7H2,1-4H3,(H,15,22)(H,20,21)(H,16,18,19). The van der Waals surface area contributed by atoms with Gasteiger partial charge >= 0.3 is 18.1 Å². The number of carbonyl (C=O) groups excluding carboxylic acids is 2. The summed E-state index contributed by atoms with van der Waals surface area (Å²) < 4.78 is 10.0. The third kappa shape index (κ3) is 8.94. The lowest BCUT2D eigenvalue weighted by molar-refractivity contribution is -0.139. The number of rotatable bonds is 8. The number of amides is 2. The van der Waals surface area contributed by atoms with E-state index in [1.807, 2.05) is 0 Å². The van der Waals surface area contributed by atoms with E-state index in [2.05, 4.69) is 20.8 Å². The van der Waals surface area contributed by atoms with Crippen LogP contribution in [0, 0.1) is 6.92 Å². The summed E-state index contributed by atoms with van der Waals surface area (Å²) in [5.41, 5.74) is -0.715. The van der Waals surface area contributed by atoms with Crippen LogP contribution in [0.25, 0.3) is 0 Å². The molecule has 25 heavy (non-hydrogen) atoms. The van der Waals surface area contributed by atoms with Gasteiger partial charge in [-0.05, 0) is 32.9 Å². The van der Waals surface area contributed by atoms with Crippen LogP contribution in [0.1, 0.15) is 33.1 Å². The van der Waals surface area contributed by atoms with Crippen molar-refractivity contribution in [3.63, 3.8) is 0 Å². The molecule has 0 aliphatic carbocycles. The van der Waals surface area contributed by atoms with E-state index in [4.69, 9.17) is 14.3 Å². The second-order valence-electron chi connectivity index (χ2n) is 6.05. The molecule has 140 valence electrons. The van der Waals surface area contributed by atoms with E-state index in [0.717, 1.165) is 0 Å². The summed E-state index contributed by atoms with van der Waals surface area (Å²) in [5, 5.41) is 21.1. The number of aryl methyl sites for hydroxylation is 1. The first-order valence-corrected chi connectivity index (χ1v) is 8.62. The summed E-state index contributed by atoms with van der Waals surface area (Å²) >= 11 is 1.22. The van der Waals surface area contributed by atoms with Crippen LogP contribution >= 0.6 is 11.8 Å². The van der Waals surface area contributed by atoms with Crippen LogP contribution in [-0.4, -0.2) is 56.4 Å². The van der Waals surface area contributed by atoms with Gasteiger partial charge in [0.15, 0.2) is 0 Å². The quantitative estimate of drug-likeness (QED) is 0.575. The van der Waals surface area contributed by atoms with E-state index in [-0.39, 0.29) is 24.1 Å². The minimum absolute atomic E-state index is 0.0121. The predicted molar refractivity (Wildman–Crippen MR) is 90.4 cm³/mol. The van der Waals surface area contributed by atoms with E-state index in [1.54, 1.807) is 27.7 Å². The molecule has 1 aromatic rings. The van der Waals surface area contributed by atoms with Crippen molar-refractivity contribution in [2.24, 2.45) is 0 Å². The summed E-state index contributed by atoms with van der Waals surface area (Å²) in [6.07, 6.45) is -0.652. The van der Waals surface area contributed by atoms with E-state index < -0.39 is 23.7 Å². The molecule has 1 atom stereocenters. The highest BCUT2D eigenvalue weighted by molar-refractivity contribution is 7.99. The van der Waals surface area contributed by atoms with Gasteiger partial charge in [0, 0.05) is 6.92 Å². The topological polar surface area (TPSA) is 144 Å². The Bertz CT molecular complexity index is 613. The molecule has 0 saturated carbocycles. The highest BCUT2D eigenvalue weighted by Gasteiger charge is 2.23. The van der Waals surface area contributed by atoms with Crippen LogP contribution in [0.15, 0.2) is 4.42 Å². The van der Waals surface area contributed by atoms with Gasteiger partial charge in [0.2, 0.25) is 11.8 Å². The molecule has 0 fully saturated rings. The zero-order valence-electron chi connectivity index (χ0n) is 14.5. The van der Waals surface area contributed by atoms with E-state index in [9.17, 15) is 14.4 Å². The van der Waals surface area contributed by atoms with E-state index in [1.165, 1.54) is 11.8 Å². The van der Waals surface area contributed by atoms with Crippen LogP contribution in [-0.2, 0) is 14.3 Å². The number of carbonyl (C=O) groups is 3. The Morgan fingerprint density at radius 2 is 2.00 bits per heavy atom. The SMILES string of the molecule is Cc1nnc(NC(=O)CSCCC(NC(=O)OC(C)(C)C)C(=O)O)o1. The maximum Gasteiger partial charge on any atom is 0.408 e. The number of carboxylic acids is 1. The maximum absolute atomic E-state index is 11.7. The van der Waals surface area contributed by atoms with Crippen molar-refractivity contribution >= 4 is 35.7 Å². The molecule has 2 amide bonds. The third-order valence-electron chi connectivity index (χ3n) is 2.55. The number of aromatic nitrogens is 2. The fourth-order valence-corrected chi connectivity index (χ4v) is 2.38. The number of hydrogen-bond acceptors (Lipinski definition) is 8. The van der Waals surface area contributed by atoms with Crippen LogP contribution in [0.2, 0.25) is 0 Å². The minimum atomic E-state index is -1.17. The summed E-state index contributed by atoms with van der Waals surface area (Å²) in [6, 6.07) is -1.08. The molecule has 1 aromatic heterocycles. The van der Waals surface area contributed by atoms with Gasteiger partial charge in [0.05, 0.1) is 5.75 Å². The Labute approximate surface area is 149 Å². The van der Waals surface area contributed by atoms with Gasteiger partial charge in [0.1, 0.15) is 11.6 Å². The van der Waals surface area contributed by atoms with Crippen molar-refractivity contribution in [2.75, 3.05) is 16.8 Å². The number of nitrogens with zero attached hydrogens (tertiary/aromatic N) is 2. The molecule has 0 aromatic carbocycles. The molecule has 1 rings (SSSR count). The molecule has 1 heterocycles. The summed E-state index contributed by atoms with van der Waals surface area (Å²) in [6.45, 7) is 6.65. The summed E-state index contributed by atoms with van der Waals surface area (Å²) in [5.74, 6) is -0.748. The second kappa shape index (κ2) is 9.25. The molecule has 1 unspecified atom stereocenters. The Hall–Kier alpha value is -2.30. The van der Waals surface area contributed by atoms with Crippen LogP contribution in [0.3, 0.4) is 0 Å². The third-order valence-corrected chi connectivity index (χ3v) is 3.54. The number of nitrogens with one attached hydrogen (secondary N) is 2. The zero-order valence-corrected chi connectivity index (χ0v) is 15.3. The molecule has 0 radical (unpaired) electrons. The average molecular weight is 374 g/mol. The van der Waals surface area contributed by atoms with Gasteiger partial charge in [-0.3, -0.25) is 10.1 Å². The monoisotopic (exact) mass is 374 g/mol. The van der Waals surface area contributed by atoms with Gasteiger partial charge < -0.3 is 19.6 Å². The fourth-order valence-electron chi connectivity index (χ4n) is 1.58. The highest BCUT2D eigenvalue weighted by atomic mass is 32.2. The number of ether oxygens (including phenoxy) is 1. The molecule has 0 saturated heterocycles. The van der Waals surface area contributed by atoms with Crippen LogP contribution in [0.4, 0.5) is 10.8 Å². The molecule has 11 heteroatoms. The van der Waals surface area contributed by atoms with Gasteiger partial charge in [-0.1, -0.05) is 5.10 Å². The maximum atomic E-state index is 11.7. The first-order chi connectivity index (χ1) is 11.6. The number of aliphatic carboxylic acids is 1. The fraction of sp³-hybridized carbons (Fsp3) is 0.643. The smallest absolute Gasteiger partial charge is 0.408 e. The van der Waals surface area contributed by atoms with Crippen molar-refractivity contribution in [3.8, 4) is 0 Å². The predicted octanol–water partition coefficient (Wildman–Crippen LogP) is 1.42. The van der Waals surface area contributed by atoms with Crippen molar-refractivity contribution in [2.45, 2.75) is 45.8 Å². The number of alkyl carbamates (subject to hydrolysis) is 1. The molecule has 0 bridgehead atoms. The van der Waals surface area contributed by atoms with Crippen molar-refractivity contribution in [1.82, 2.24) is 15.5 Å². The molecule has 0 aliphatic heterocycles. The van der Waals surface area contributed by atoms with Gasteiger partial charge in [-0.15, -0.1) is 5.10 Å². The number of hydrogen-bond donors (Lipinski definition) is 3. The Kier molecular flexibility index (Phi) is 7.68. The lowest BCUT2D eigenvalue weighted by Gasteiger charge is -2.21. The van der Waals surface area contributed by atoms with Gasteiger partial charge in [-0.25, -0.2) is 9.59 Å². The molecule has 0 spiro atoms. The summed E-state index contributed by atoms with van der Waals surface area (Å²) in [7, 11) is 0. The molecular weight excluding hydrogens is 352 g/mol. The Morgan fingerprint density at radius 1 is 1.32 bits per heavy atom. The molecular formula is C14H22N4O6S. The van der Waals surface area contributed by atoms with E-state index in [0.29, 0.717) is 11.6 Å². The second-order valence-corrected chi connectivity index (χ2v) is 7.16. The van der Waals surface area contributed by atoms with Crippen molar-refractivity contribution in [3.05, 3.63) is 5.89 Å². The minimum Gasteiger partial charge on any atom is -0.480 e. The average Bonchev–Trinajstić information content (AvgIpc) is 2.85. The summed E-state index contributed by atoms with van der Waals surface area (Å²) in [4.78, 5) is 34.5. The van der Waals surface area contributed by atoms with Crippen molar-refractivity contribution in [1.29, 1.82) is 0 Å². The van der Waals surface area contributed by atoms with Crippen LogP contribution in [0.5, 0.6) is 0 Å². The number of carboxylic acid groups (broad SMARTS) is 1. The van der Waals surface area contributed by atoms with Gasteiger partial charge in [-0.2, -0.15) is 11.8 Å². The molecule has 3 N–H and O–H groups in total. The van der Waals surface area contributed by atoms with Crippen molar-refractivity contribution < 1.29 is 28.6 Å². The lowest BCUT2D eigenvalue weighted by Crippen LogP contribution is -2.43. The van der Waals surface area contributed by atoms with Crippen LogP contribution < -0.4 is 10.6 Å². The zero-order chi connectivity index (χ0) is 19.0. The largest absolute Gasteiger partial charge is 0.480 e. The highest BCUT2D eigenvalue weighted by Crippen LogP contribution is 2.10. The first-order valence-electron chi connectivity index (χ1n) is 7.47. The number of thioether (sulfide) groups is 1.